The van der Waals surface area contributed by atoms with Crippen LogP contribution in [0.15, 0.2) is 101 Å². The Kier molecular flexibility index (Phi) is 9.10. The average molecular weight is 637 g/mol. The zero-order valence-electron chi connectivity index (χ0n) is 20.7. The molecule has 1 aliphatic rings. The first kappa shape index (κ1) is 27.3. The lowest BCUT2D eigenvalue weighted by Gasteiger charge is -2.30. The summed E-state index contributed by atoms with van der Waals surface area (Å²) in [6.45, 7) is 1.80. The lowest BCUT2D eigenvalue weighted by atomic mass is 9.82. The van der Waals surface area contributed by atoms with E-state index in [0.29, 0.717) is 39.0 Å². The molecule has 1 unspecified atom stereocenters. The molecule has 0 fully saturated rings. The number of hydrogen-bond donors (Lipinski definition) is 3. The molecule has 0 aliphatic carbocycles. The van der Waals surface area contributed by atoms with Gasteiger partial charge in [0.15, 0.2) is 0 Å². The van der Waals surface area contributed by atoms with Gasteiger partial charge in [-0.25, -0.2) is 0 Å². The highest BCUT2D eigenvalue weighted by Crippen LogP contribution is 2.41. The van der Waals surface area contributed by atoms with Crippen molar-refractivity contribution in [1.82, 2.24) is 5.32 Å². The van der Waals surface area contributed by atoms with E-state index < -0.39 is 5.92 Å². The predicted octanol–water partition coefficient (Wildman–Crippen LogP) is 6.01. The summed E-state index contributed by atoms with van der Waals surface area (Å²) >= 11 is 3.44. The number of hydrogen-bond acceptors (Lipinski definition) is 6. The molecule has 0 saturated carbocycles. The van der Waals surface area contributed by atoms with Crippen LogP contribution in [0.25, 0.3) is 0 Å². The van der Waals surface area contributed by atoms with Gasteiger partial charge in [0.2, 0.25) is 5.91 Å². The zero-order valence-corrected chi connectivity index (χ0v) is 23.7. The number of carbonyl (C=O) groups excluding carboxylic acids is 2. The molecule has 3 aromatic rings. The number of para-hydroxylation sites is 2. The summed E-state index contributed by atoms with van der Waals surface area (Å²) in [5.41, 5.74) is 3.44. The van der Waals surface area contributed by atoms with Gasteiger partial charge in [0.25, 0.3) is 5.91 Å². The number of thioether (sulfide) groups is 1. The fraction of sp³-hybridized carbons (Fsp3) is 0.138. The standard InChI is InChI=1S/C29H25IN4O3S/c1-18-26(28(36)34-23-10-6-7-11-24(23)37-2)27(19-8-4-3-5-9-19)22(16-31)29(32-18)38-17-25(35)33-21-14-12-20(30)13-15-21/h3-15,27,32H,17H2,1-2H3,(H,33,35)(H,34,36). The summed E-state index contributed by atoms with van der Waals surface area (Å²) < 4.78 is 6.46. The Morgan fingerprint density at radius 1 is 1.03 bits per heavy atom. The van der Waals surface area contributed by atoms with Gasteiger partial charge in [0, 0.05) is 20.5 Å². The highest BCUT2D eigenvalue weighted by molar-refractivity contribution is 14.1. The second-order valence-corrected chi connectivity index (χ2v) is 10.6. The van der Waals surface area contributed by atoms with Gasteiger partial charge < -0.3 is 20.7 Å². The summed E-state index contributed by atoms with van der Waals surface area (Å²) in [6.07, 6.45) is 0. The summed E-state index contributed by atoms with van der Waals surface area (Å²) in [6, 6.07) is 26.4. The van der Waals surface area contributed by atoms with E-state index in [4.69, 9.17) is 4.74 Å². The number of benzene rings is 3. The van der Waals surface area contributed by atoms with Crippen LogP contribution < -0.4 is 20.7 Å². The largest absolute Gasteiger partial charge is 0.495 e. The maximum atomic E-state index is 13.6. The number of rotatable bonds is 8. The zero-order chi connectivity index (χ0) is 27.1. The van der Waals surface area contributed by atoms with Crippen molar-refractivity contribution in [3.63, 3.8) is 0 Å². The molecule has 1 aliphatic heterocycles. The van der Waals surface area contributed by atoms with Crippen LogP contribution in [0.5, 0.6) is 5.75 Å². The smallest absolute Gasteiger partial charge is 0.254 e. The number of nitrogens with one attached hydrogen (secondary N) is 3. The third kappa shape index (κ3) is 6.38. The molecule has 4 rings (SSSR count). The Morgan fingerprint density at radius 3 is 2.39 bits per heavy atom. The number of nitriles is 1. The van der Waals surface area contributed by atoms with Crippen molar-refractivity contribution < 1.29 is 14.3 Å². The number of halogens is 1. The summed E-state index contributed by atoms with van der Waals surface area (Å²) in [5.74, 6) is -0.525. The lowest BCUT2D eigenvalue weighted by Crippen LogP contribution is -2.31. The summed E-state index contributed by atoms with van der Waals surface area (Å²) in [5, 5.41) is 19.8. The number of anilines is 2. The van der Waals surface area contributed by atoms with Crippen LogP contribution in [0.3, 0.4) is 0 Å². The van der Waals surface area contributed by atoms with Gasteiger partial charge >= 0.3 is 0 Å². The molecule has 0 aromatic heterocycles. The van der Waals surface area contributed by atoms with E-state index in [0.717, 1.165) is 9.13 Å². The quantitative estimate of drug-likeness (QED) is 0.262. The molecule has 192 valence electrons. The van der Waals surface area contributed by atoms with Gasteiger partial charge in [-0.3, -0.25) is 9.59 Å². The second-order valence-electron chi connectivity index (χ2n) is 8.36. The molecular weight excluding hydrogens is 611 g/mol. The molecule has 0 radical (unpaired) electrons. The number of carbonyl (C=O) groups is 2. The van der Waals surface area contributed by atoms with Gasteiger partial charge in [-0.2, -0.15) is 5.26 Å². The molecule has 3 N–H and O–H groups in total. The second kappa shape index (κ2) is 12.7. The van der Waals surface area contributed by atoms with Gasteiger partial charge in [0.05, 0.1) is 41.1 Å². The van der Waals surface area contributed by atoms with Crippen LogP contribution in [-0.4, -0.2) is 24.7 Å². The molecule has 1 atom stereocenters. The monoisotopic (exact) mass is 636 g/mol. The minimum absolute atomic E-state index is 0.0943. The van der Waals surface area contributed by atoms with Crippen LogP contribution in [0.2, 0.25) is 0 Å². The molecule has 3 aromatic carbocycles. The van der Waals surface area contributed by atoms with E-state index in [9.17, 15) is 14.9 Å². The van der Waals surface area contributed by atoms with Gasteiger partial charge in [-0.05, 0) is 71.5 Å². The highest BCUT2D eigenvalue weighted by atomic mass is 127. The average Bonchev–Trinajstić information content (AvgIpc) is 2.93. The first-order valence-corrected chi connectivity index (χ1v) is 13.8. The molecule has 9 heteroatoms. The fourth-order valence-electron chi connectivity index (χ4n) is 4.11. The Morgan fingerprint density at radius 2 is 1.71 bits per heavy atom. The number of ether oxygens (including phenoxy) is 1. The highest BCUT2D eigenvalue weighted by Gasteiger charge is 2.35. The number of methoxy groups -OCH3 is 1. The normalized spacial score (nSPS) is 14.8. The van der Waals surface area contributed by atoms with Crippen molar-refractivity contribution >= 4 is 57.5 Å². The predicted molar refractivity (Wildman–Crippen MR) is 160 cm³/mol. The first-order chi connectivity index (χ1) is 18.4. The number of allylic oxidation sites excluding steroid dienone is 2. The van der Waals surface area contributed by atoms with Gasteiger partial charge in [-0.1, -0.05) is 54.2 Å². The Labute approximate surface area is 239 Å². The topological polar surface area (TPSA) is 103 Å². The maximum absolute atomic E-state index is 13.6. The first-order valence-electron chi connectivity index (χ1n) is 11.7. The number of dihydropyridines is 1. The molecule has 0 saturated heterocycles. The Bertz CT molecular complexity index is 1450. The molecule has 7 nitrogen and oxygen atoms in total. The number of nitrogens with zero attached hydrogens (tertiary/aromatic N) is 1. The maximum Gasteiger partial charge on any atom is 0.254 e. The number of amides is 2. The van der Waals surface area contributed by atoms with Crippen molar-refractivity contribution in [2.45, 2.75) is 12.8 Å². The van der Waals surface area contributed by atoms with Crippen LogP contribution in [0, 0.1) is 14.9 Å². The summed E-state index contributed by atoms with van der Waals surface area (Å²) in [7, 11) is 1.54. The van der Waals surface area contributed by atoms with E-state index in [1.165, 1.54) is 11.8 Å². The van der Waals surface area contributed by atoms with Crippen molar-refractivity contribution in [1.29, 1.82) is 5.26 Å². The van der Waals surface area contributed by atoms with Crippen LogP contribution in [0.1, 0.15) is 18.4 Å². The molecular formula is C29H25IN4O3S. The van der Waals surface area contributed by atoms with Crippen molar-refractivity contribution in [3.8, 4) is 11.8 Å². The van der Waals surface area contributed by atoms with E-state index >= 15 is 0 Å². The Hall–Kier alpha value is -3.75. The molecule has 0 spiro atoms. The molecule has 1 heterocycles. The van der Waals surface area contributed by atoms with Crippen molar-refractivity contribution in [2.75, 3.05) is 23.5 Å². The van der Waals surface area contributed by atoms with Crippen molar-refractivity contribution in [3.05, 3.63) is 110 Å². The molecule has 38 heavy (non-hydrogen) atoms. The van der Waals surface area contributed by atoms with Crippen molar-refractivity contribution in [2.24, 2.45) is 0 Å². The third-order valence-electron chi connectivity index (χ3n) is 5.86. The van der Waals surface area contributed by atoms with Gasteiger partial charge in [-0.15, -0.1) is 0 Å². The van der Waals surface area contributed by atoms with Crippen LogP contribution in [0.4, 0.5) is 11.4 Å². The SMILES string of the molecule is COc1ccccc1NC(=O)C1=C(C)NC(SCC(=O)Nc2ccc(I)cc2)=C(C#N)C1c1ccccc1. The van der Waals surface area contributed by atoms with E-state index in [1.54, 1.807) is 26.2 Å². The van der Waals surface area contributed by atoms with Crippen LogP contribution >= 0.6 is 34.4 Å². The van der Waals surface area contributed by atoms with E-state index in [2.05, 4.69) is 44.6 Å². The molecule has 2 amide bonds. The minimum atomic E-state index is -0.612. The van der Waals surface area contributed by atoms with E-state index in [1.807, 2.05) is 66.7 Å². The van der Waals surface area contributed by atoms with Gasteiger partial charge in [0.1, 0.15) is 5.75 Å². The summed E-state index contributed by atoms with van der Waals surface area (Å²) in [4.78, 5) is 26.3. The van der Waals surface area contributed by atoms with E-state index in [-0.39, 0.29) is 17.6 Å². The molecule has 0 bridgehead atoms. The third-order valence-corrected chi connectivity index (χ3v) is 7.59. The fourth-order valence-corrected chi connectivity index (χ4v) is 5.36. The van der Waals surface area contributed by atoms with Crippen LogP contribution in [-0.2, 0) is 9.59 Å². The minimum Gasteiger partial charge on any atom is -0.495 e. The Balaban J connectivity index is 1.61. The lowest BCUT2D eigenvalue weighted by molar-refractivity contribution is -0.114.